The molecular formula is C18H34O2Si2. The molecule has 0 heterocycles. The van der Waals surface area contributed by atoms with Crippen LogP contribution in [0, 0.1) is 0 Å². The monoisotopic (exact) mass is 338 g/mol. The highest BCUT2D eigenvalue weighted by Gasteiger charge is 2.26. The molecule has 1 aromatic carbocycles. The molecular weight excluding hydrogens is 304 g/mol. The number of rotatable bonds is 10. The van der Waals surface area contributed by atoms with Crippen LogP contribution in [0.5, 0.6) is 0 Å². The number of hydrogen-bond donors (Lipinski definition) is 0. The van der Waals surface area contributed by atoms with Gasteiger partial charge in [-0.25, -0.2) is 0 Å². The van der Waals surface area contributed by atoms with Gasteiger partial charge in [0.15, 0.2) is 0 Å². The molecule has 2 nitrogen and oxygen atoms in total. The van der Waals surface area contributed by atoms with E-state index in [1.807, 2.05) is 0 Å². The van der Waals surface area contributed by atoms with Gasteiger partial charge >= 0.3 is 0 Å². The molecule has 0 saturated carbocycles. The van der Waals surface area contributed by atoms with E-state index in [1.54, 1.807) is 24.6 Å². The first kappa shape index (κ1) is 19.6. The third-order valence-electron chi connectivity index (χ3n) is 4.75. The van der Waals surface area contributed by atoms with Gasteiger partial charge in [0.2, 0.25) is 0 Å². The van der Waals surface area contributed by atoms with Crippen LogP contribution in [-0.4, -0.2) is 43.6 Å². The van der Waals surface area contributed by atoms with Gasteiger partial charge in [0.1, 0.15) is 0 Å². The molecule has 0 fully saturated rings. The van der Waals surface area contributed by atoms with E-state index in [9.17, 15) is 0 Å². The van der Waals surface area contributed by atoms with Crippen molar-refractivity contribution in [1.82, 2.24) is 0 Å². The molecule has 0 aliphatic carbocycles. The fourth-order valence-corrected chi connectivity index (χ4v) is 7.75. The minimum absolute atomic E-state index is 0.883. The maximum absolute atomic E-state index is 5.20. The molecule has 0 unspecified atom stereocenters. The third kappa shape index (κ3) is 5.99. The zero-order chi connectivity index (χ0) is 16.6. The quantitative estimate of drug-likeness (QED) is 0.479. The van der Waals surface area contributed by atoms with E-state index in [4.69, 9.17) is 9.47 Å². The molecule has 0 spiro atoms. The zero-order valence-electron chi connectivity index (χ0n) is 15.4. The first-order valence-electron chi connectivity index (χ1n) is 8.42. The summed E-state index contributed by atoms with van der Waals surface area (Å²) >= 11 is 0. The summed E-state index contributed by atoms with van der Waals surface area (Å²) in [6.45, 7) is 11.7. The number of ether oxygens (including phenoxy) is 2. The van der Waals surface area contributed by atoms with Crippen molar-refractivity contribution in [3.05, 3.63) is 24.3 Å². The number of methoxy groups -OCH3 is 2. The van der Waals surface area contributed by atoms with E-state index < -0.39 is 16.1 Å². The normalized spacial score (nSPS) is 12.6. The van der Waals surface area contributed by atoms with Gasteiger partial charge in [0.25, 0.3) is 0 Å². The number of benzene rings is 1. The molecule has 0 aliphatic heterocycles. The lowest BCUT2D eigenvalue weighted by atomic mass is 10.4. The van der Waals surface area contributed by atoms with E-state index in [0.717, 1.165) is 13.2 Å². The SMILES string of the molecule is COCCC[Si](C)(C)c1ccc([Si](C)(C)CCCOC)cc1. The van der Waals surface area contributed by atoms with Crippen molar-refractivity contribution in [2.24, 2.45) is 0 Å². The summed E-state index contributed by atoms with van der Waals surface area (Å²) < 4.78 is 10.4. The minimum atomic E-state index is -1.31. The molecule has 0 saturated heterocycles. The van der Waals surface area contributed by atoms with Gasteiger partial charge < -0.3 is 9.47 Å². The highest BCUT2D eigenvalue weighted by atomic mass is 28.3. The summed E-state index contributed by atoms with van der Waals surface area (Å²) in [6, 6.07) is 12.2. The molecule has 0 atom stereocenters. The second-order valence-electron chi connectivity index (χ2n) is 7.54. The maximum atomic E-state index is 5.20. The second-order valence-corrected chi connectivity index (χ2v) is 17.2. The standard InChI is InChI=1S/C18H34O2Si2/c1-19-13-7-15-21(3,4)17-9-11-18(12-10-17)22(5,6)16-8-14-20-2/h9-12H,7-8,13-16H2,1-6H3. The summed E-state index contributed by atoms with van der Waals surface area (Å²) in [4.78, 5) is 0. The number of hydrogen-bond acceptors (Lipinski definition) is 2. The van der Waals surface area contributed by atoms with E-state index in [-0.39, 0.29) is 0 Å². The lowest BCUT2D eigenvalue weighted by Gasteiger charge is -2.26. The fourth-order valence-electron chi connectivity index (χ4n) is 2.98. The van der Waals surface area contributed by atoms with Crippen LogP contribution in [0.2, 0.25) is 38.3 Å². The zero-order valence-corrected chi connectivity index (χ0v) is 17.4. The molecule has 0 N–H and O–H groups in total. The highest BCUT2D eigenvalue weighted by molar-refractivity contribution is 6.91. The van der Waals surface area contributed by atoms with Crippen molar-refractivity contribution in [2.45, 2.75) is 51.1 Å². The summed E-state index contributed by atoms with van der Waals surface area (Å²) in [6.07, 6.45) is 2.35. The molecule has 4 heteroatoms. The minimum Gasteiger partial charge on any atom is -0.385 e. The summed E-state index contributed by atoms with van der Waals surface area (Å²) in [5.41, 5.74) is 0. The predicted octanol–water partition coefficient (Wildman–Crippen LogP) is 3.59. The van der Waals surface area contributed by atoms with Gasteiger partial charge in [-0.1, -0.05) is 72.9 Å². The van der Waals surface area contributed by atoms with Crippen LogP contribution < -0.4 is 10.4 Å². The molecule has 0 amide bonds. The molecule has 0 bridgehead atoms. The summed E-state index contributed by atoms with van der Waals surface area (Å²) in [5.74, 6) is 0. The third-order valence-corrected chi connectivity index (χ3v) is 11.7. The van der Waals surface area contributed by atoms with E-state index in [0.29, 0.717) is 0 Å². The summed E-state index contributed by atoms with van der Waals surface area (Å²) in [7, 11) is 0.954. The molecule has 0 radical (unpaired) electrons. The Morgan fingerprint density at radius 3 is 1.27 bits per heavy atom. The molecule has 22 heavy (non-hydrogen) atoms. The van der Waals surface area contributed by atoms with Gasteiger partial charge in [0.05, 0.1) is 16.1 Å². The maximum Gasteiger partial charge on any atom is 0.0807 e. The van der Waals surface area contributed by atoms with Crippen LogP contribution in [0.25, 0.3) is 0 Å². The Labute approximate surface area is 139 Å². The highest BCUT2D eigenvalue weighted by Crippen LogP contribution is 2.15. The average molecular weight is 339 g/mol. The molecule has 0 aromatic heterocycles. The van der Waals surface area contributed by atoms with Crippen LogP contribution in [0.15, 0.2) is 24.3 Å². The van der Waals surface area contributed by atoms with Gasteiger partial charge in [-0.2, -0.15) is 0 Å². The van der Waals surface area contributed by atoms with Gasteiger partial charge in [0, 0.05) is 27.4 Å². The van der Waals surface area contributed by atoms with Crippen molar-refractivity contribution < 1.29 is 9.47 Å². The topological polar surface area (TPSA) is 18.5 Å². The first-order chi connectivity index (χ1) is 10.3. The Morgan fingerprint density at radius 1 is 0.682 bits per heavy atom. The Morgan fingerprint density at radius 2 is 1.00 bits per heavy atom. The van der Waals surface area contributed by atoms with Crippen LogP contribution in [-0.2, 0) is 9.47 Å². The van der Waals surface area contributed by atoms with Crippen molar-refractivity contribution in [3.8, 4) is 0 Å². The largest absolute Gasteiger partial charge is 0.385 e. The Kier molecular flexibility index (Phi) is 8.04. The second kappa shape index (κ2) is 9.01. The van der Waals surface area contributed by atoms with Crippen molar-refractivity contribution in [2.75, 3.05) is 27.4 Å². The molecule has 126 valence electrons. The smallest absolute Gasteiger partial charge is 0.0807 e. The molecule has 1 rings (SSSR count). The van der Waals surface area contributed by atoms with Gasteiger partial charge in [-0.05, 0) is 12.8 Å². The van der Waals surface area contributed by atoms with E-state index in [2.05, 4.69) is 50.5 Å². The van der Waals surface area contributed by atoms with Crippen molar-refractivity contribution >= 4 is 26.5 Å². The Hall–Kier alpha value is -0.426. The fraction of sp³-hybridized carbons (Fsp3) is 0.667. The molecule has 1 aromatic rings. The van der Waals surface area contributed by atoms with E-state index >= 15 is 0 Å². The van der Waals surface area contributed by atoms with Crippen LogP contribution in [0.4, 0.5) is 0 Å². The van der Waals surface area contributed by atoms with Gasteiger partial charge in [-0.3, -0.25) is 0 Å². The van der Waals surface area contributed by atoms with Crippen molar-refractivity contribution in [3.63, 3.8) is 0 Å². The first-order valence-corrected chi connectivity index (χ1v) is 14.8. The lowest BCUT2D eigenvalue weighted by molar-refractivity contribution is 0.199. The summed E-state index contributed by atoms with van der Waals surface area (Å²) in [5, 5.41) is 3.16. The van der Waals surface area contributed by atoms with Crippen LogP contribution in [0.3, 0.4) is 0 Å². The lowest BCUT2D eigenvalue weighted by Crippen LogP contribution is -2.45. The predicted molar refractivity (Wildman–Crippen MR) is 103 cm³/mol. The Balaban J connectivity index is 2.72. The molecule has 0 aliphatic rings. The Bertz CT molecular complexity index is 386. The van der Waals surface area contributed by atoms with Crippen LogP contribution in [0.1, 0.15) is 12.8 Å². The van der Waals surface area contributed by atoms with E-state index in [1.165, 1.54) is 24.9 Å². The van der Waals surface area contributed by atoms with Crippen molar-refractivity contribution in [1.29, 1.82) is 0 Å². The van der Waals surface area contributed by atoms with Gasteiger partial charge in [-0.15, -0.1) is 0 Å². The average Bonchev–Trinajstić information content (AvgIpc) is 2.48. The van der Waals surface area contributed by atoms with Crippen LogP contribution >= 0.6 is 0 Å².